The lowest BCUT2D eigenvalue weighted by molar-refractivity contribution is -0.0890. The normalized spacial score (nSPS) is 16.5. The van der Waals surface area contributed by atoms with E-state index in [2.05, 4.69) is 0 Å². The molecule has 2 aromatic carbocycles. The van der Waals surface area contributed by atoms with E-state index in [9.17, 15) is 22.8 Å². The molecule has 34 heavy (non-hydrogen) atoms. The van der Waals surface area contributed by atoms with Gasteiger partial charge in [0.2, 0.25) is 0 Å². The first-order valence-corrected chi connectivity index (χ1v) is 11.6. The fourth-order valence-electron chi connectivity index (χ4n) is 5.17. The van der Waals surface area contributed by atoms with Crippen LogP contribution in [0.2, 0.25) is 0 Å². The molecule has 0 unspecified atom stereocenters. The molecular formula is C27H25F3N2O2. The van der Waals surface area contributed by atoms with Crippen molar-refractivity contribution >= 4 is 17.4 Å². The van der Waals surface area contributed by atoms with Gasteiger partial charge in [0.1, 0.15) is 0 Å². The summed E-state index contributed by atoms with van der Waals surface area (Å²) >= 11 is 0. The molecule has 4 nitrogen and oxygen atoms in total. The first kappa shape index (κ1) is 22.4. The van der Waals surface area contributed by atoms with Gasteiger partial charge in [0, 0.05) is 16.9 Å². The lowest BCUT2D eigenvalue weighted by Gasteiger charge is -2.24. The summed E-state index contributed by atoms with van der Waals surface area (Å²) in [6, 6.07) is 17.6. The molecule has 1 aliphatic carbocycles. The molecule has 1 aliphatic heterocycles. The van der Waals surface area contributed by atoms with Crippen LogP contribution in [0.1, 0.15) is 75.7 Å². The summed E-state index contributed by atoms with van der Waals surface area (Å²) in [4.78, 5) is 27.2. The van der Waals surface area contributed by atoms with Crippen LogP contribution in [-0.4, -0.2) is 22.4 Å². The zero-order valence-corrected chi connectivity index (χ0v) is 18.6. The topological polar surface area (TPSA) is 42.3 Å². The van der Waals surface area contributed by atoms with Crippen molar-refractivity contribution in [2.75, 3.05) is 4.90 Å². The second kappa shape index (κ2) is 8.78. The Balaban J connectivity index is 1.48. The Hall–Kier alpha value is -3.35. The molecule has 1 aromatic heterocycles. The lowest BCUT2D eigenvalue weighted by Crippen LogP contribution is -2.30. The van der Waals surface area contributed by atoms with Crippen molar-refractivity contribution in [2.24, 2.45) is 0 Å². The van der Waals surface area contributed by atoms with E-state index in [1.165, 1.54) is 54.4 Å². The lowest BCUT2D eigenvalue weighted by atomic mass is 9.84. The van der Waals surface area contributed by atoms with Crippen molar-refractivity contribution in [3.8, 4) is 0 Å². The van der Waals surface area contributed by atoms with Crippen LogP contribution in [0.4, 0.5) is 18.9 Å². The van der Waals surface area contributed by atoms with Crippen molar-refractivity contribution < 1.29 is 22.8 Å². The highest BCUT2D eigenvalue weighted by Crippen LogP contribution is 2.34. The van der Waals surface area contributed by atoms with Crippen LogP contribution >= 0.6 is 0 Å². The number of amides is 1. The summed E-state index contributed by atoms with van der Waals surface area (Å²) in [5, 5.41) is 0. The van der Waals surface area contributed by atoms with E-state index in [0.717, 1.165) is 0 Å². The SMILES string of the molecule is O=C(c1ccc(C2CCCCC2)cc1)N1Cc2ccc(C(=O)C(F)(F)F)n2Cc2ccccc21. The average molecular weight is 467 g/mol. The van der Waals surface area contributed by atoms with Crippen LogP contribution in [0.15, 0.2) is 60.7 Å². The molecule has 7 heteroatoms. The number of nitrogens with zero attached hydrogens (tertiary/aromatic N) is 2. The van der Waals surface area contributed by atoms with Gasteiger partial charge in [-0.25, -0.2) is 0 Å². The van der Waals surface area contributed by atoms with E-state index in [-0.39, 0.29) is 19.0 Å². The molecule has 1 amide bonds. The van der Waals surface area contributed by atoms with Crippen molar-refractivity contribution in [1.29, 1.82) is 0 Å². The summed E-state index contributed by atoms with van der Waals surface area (Å²) in [6.45, 7) is 0.158. The summed E-state index contributed by atoms with van der Waals surface area (Å²) in [6.07, 6.45) is 1.12. The number of ketones is 1. The van der Waals surface area contributed by atoms with Crippen molar-refractivity contribution in [1.82, 2.24) is 4.57 Å². The predicted octanol–water partition coefficient (Wildman–Crippen LogP) is 6.49. The molecule has 0 saturated heterocycles. The summed E-state index contributed by atoms with van der Waals surface area (Å²) < 4.78 is 40.8. The van der Waals surface area contributed by atoms with Gasteiger partial charge < -0.3 is 9.47 Å². The van der Waals surface area contributed by atoms with Gasteiger partial charge in [-0.2, -0.15) is 13.2 Å². The quantitative estimate of drug-likeness (QED) is 0.414. The fourth-order valence-corrected chi connectivity index (χ4v) is 5.17. The van der Waals surface area contributed by atoms with Crippen LogP contribution in [-0.2, 0) is 13.1 Å². The maximum atomic E-state index is 13.6. The number of rotatable bonds is 3. The third-order valence-corrected chi connectivity index (χ3v) is 6.97. The number of carbonyl (C=O) groups is 2. The molecule has 0 spiro atoms. The molecular weight excluding hydrogens is 441 g/mol. The molecule has 0 bridgehead atoms. The first-order chi connectivity index (χ1) is 16.3. The number of hydrogen-bond acceptors (Lipinski definition) is 2. The summed E-state index contributed by atoms with van der Waals surface area (Å²) in [5.74, 6) is -1.57. The van der Waals surface area contributed by atoms with Crippen LogP contribution in [0.5, 0.6) is 0 Å². The highest BCUT2D eigenvalue weighted by molar-refractivity contribution is 6.06. The molecule has 0 N–H and O–H groups in total. The maximum absolute atomic E-state index is 13.6. The minimum absolute atomic E-state index is 0.0748. The van der Waals surface area contributed by atoms with Gasteiger partial charge >= 0.3 is 6.18 Å². The van der Waals surface area contributed by atoms with Crippen LogP contribution in [0.25, 0.3) is 0 Å². The van der Waals surface area contributed by atoms with Gasteiger partial charge in [0.25, 0.3) is 11.7 Å². The molecule has 1 saturated carbocycles. The zero-order chi connectivity index (χ0) is 23.9. The number of halogens is 3. The highest BCUT2D eigenvalue weighted by atomic mass is 19.4. The Morgan fingerprint density at radius 3 is 2.24 bits per heavy atom. The Kier molecular flexibility index (Phi) is 5.80. The molecule has 2 aliphatic rings. The number of para-hydroxylation sites is 1. The van der Waals surface area contributed by atoms with Crippen LogP contribution in [0, 0.1) is 0 Å². The molecule has 2 heterocycles. The van der Waals surface area contributed by atoms with Gasteiger partial charge in [-0.05, 0) is 60.2 Å². The largest absolute Gasteiger partial charge is 0.456 e. The van der Waals surface area contributed by atoms with E-state index in [1.54, 1.807) is 29.2 Å². The summed E-state index contributed by atoms with van der Waals surface area (Å²) in [5.41, 5.74) is 3.16. The fraction of sp³-hybridized carbons (Fsp3) is 0.333. The summed E-state index contributed by atoms with van der Waals surface area (Å²) in [7, 11) is 0. The molecule has 176 valence electrons. The van der Waals surface area contributed by atoms with E-state index >= 15 is 0 Å². The minimum atomic E-state index is -4.96. The third kappa shape index (κ3) is 4.15. The Bertz CT molecular complexity index is 1220. The van der Waals surface area contributed by atoms with Gasteiger partial charge in [0.15, 0.2) is 0 Å². The molecule has 1 fully saturated rings. The third-order valence-electron chi connectivity index (χ3n) is 6.97. The van der Waals surface area contributed by atoms with E-state index in [1.807, 2.05) is 24.3 Å². The Morgan fingerprint density at radius 1 is 0.824 bits per heavy atom. The first-order valence-electron chi connectivity index (χ1n) is 11.6. The van der Waals surface area contributed by atoms with Crippen molar-refractivity contribution in [3.05, 3.63) is 88.7 Å². The standard InChI is InChI=1S/C27H25F3N2O2/c28-27(29,30)25(33)24-15-14-22-17-32(23-9-5-4-8-21(23)16-31(22)24)26(34)20-12-10-19(11-13-20)18-6-2-1-3-7-18/h4-5,8-15,18H,1-3,6-7,16-17H2. The smallest absolute Gasteiger partial charge is 0.336 e. The number of carbonyl (C=O) groups excluding carboxylic acids is 2. The van der Waals surface area contributed by atoms with Gasteiger partial charge in [-0.15, -0.1) is 0 Å². The molecule has 5 rings (SSSR count). The number of aromatic nitrogens is 1. The van der Waals surface area contributed by atoms with E-state index in [0.29, 0.717) is 28.4 Å². The number of benzene rings is 2. The number of hydrogen-bond donors (Lipinski definition) is 0. The Morgan fingerprint density at radius 2 is 1.53 bits per heavy atom. The number of Topliss-reactive ketones (excluding diaryl/α,β-unsaturated/α-hetero) is 1. The zero-order valence-electron chi connectivity index (χ0n) is 18.6. The number of alkyl halides is 3. The highest BCUT2D eigenvalue weighted by Gasteiger charge is 2.41. The molecule has 0 radical (unpaired) electrons. The van der Waals surface area contributed by atoms with Gasteiger partial charge in [0.05, 0.1) is 18.8 Å². The average Bonchev–Trinajstić information content (AvgIpc) is 3.15. The second-order valence-corrected chi connectivity index (χ2v) is 9.10. The number of anilines is 1. The van der Waals surface area contributed by atoms with Crippen LogP contribution < -0.4 is 4.90 Å². The van der Waals surface area contributed by atoms with E-state index < -0.39 is 17.7 Å². The molecule has 0 atom stereocenters. The van der Waals surface area contributed by atoms with Crippen molar-refractivity contribution in [3.63, 3.8) is 0 Å². The van der Waals surface area contributed by atoms with E-state index in [4.69, 9.17) is 0 Å². The predicted molar refractivity (Wildman–Crippen MR) is 123 cm³/mol. The second-order valence-electron chi connectivity index (χ2n) is 9.10. The molecule has 3 aromatic rings. The van der Waals surface area contributed by atoms with Crippen molar-refractivity contribution in [2.45, 2.75) is 57.3 Å². The van der Waals surface area contributed by atoms with Gasteiger partial charge in [-0.3, -0.25) is 9.59 Å². The monoisotopic (exact) mass is 466 g/mol. The van der Waals surface area contributed by atoms with Crippen LogP contribution in [0.3, 0.4) is 0 Å². The Labute approximate surface area is 196 Å². The van der Waals surface area contributed by atoms with Gasteiger partial charge in [-0.1, -0.05) is 49.6 Å². The maximum Gasteiger partial charge on any atom is 0.456 e. The number of fused-ring (bicyclic) bond motifs is 2. The minimum Gasteiger partial charge on any atom is -0.336 e.